The maximum atomic E-state index is 5.92. The van der Waals surface area contributed by atoms with Gasteiger partial charge in [0.15, 0.2) is 0 Å². The van der Waals surface area contributed by atoms with Crippen LogP contribution in [-0.4, -0.2) is 11.3 Å². The molecule has 2 aromatic rings. The minimum atomic E-state index is 0.569. The summed E-state index contributed by atoms with van der Waals surface area (Å²) in [6, 6.07) is 17.5. The van der Waals surface area contributed by atoms with Crippen LogP contribution in [0.4, 0.5) is 5.69 Å². The molecule has 0 spiro atoms. The standard InChI is InChI=1S/C18H16ClNS/c19-15-8-5-13(6-9-15)7-10-17-12-16-11-14-3-1-2-4-18(14)20(16)21-17/h1-10,16-17H,11-12H2. The van der Waals surface area contributed by atoms with Crippen LogP contribution in [0.15, 0.2) is 54.6 Å². The molecule has 0 aromatic heterocycles. The van der Waals surface area contributed by atoms with E-state index in [1.54, 1.807) is 0 Å². The van der Waals surface area contributed by atoms with Crippen LogP contribution in [-0.2, 0) is 6.42 Å². The van der Waals surface area contributed by atoms with Crippen LogP contribution >= 0.6 is 23.5 Å². The van der Waals surface area contributed by atoms with Crippen LogP contribution < -0.4 is 4.31 Å². The molecule has 2 aromatic carbocycles. The maximum absolute atomic E-state index is 5.92. The number of hydrogen-bond acceptors (Lipinski definition) is 2. The van der Waals surface area contributed by atoms with Crippen molar-refractivity contribution in [3.8, 4) is 0 Å². The molecular formula is C18H16ClNS. The number of halogens is 1. The zero-order valence-corrected chi connectivity index (χ0v) is 13.1. The van der Waals surface area contributed by atoms with E-state index in [4.69, 9.17) is 11.6 Å². The number of para-hydroxylation sites is 1. The first-order valence-corrected chi connectivity index (χ1v) is 8.49. The normalized spacial score (nSPS) is 23.6. The molecule has 0 radical (unpaired) electrons. The number of rotatable bonds is 2. The van der Waals surface area contributed by atoms with E-state index in [1.807, 2.05) is 24.1 Å². The predicted molar refractivity (Wildman–Crippen MR) is 92.9 cm³/mol. The molecule has 0 aliphatic carbocycles. The zero-order valence-electron chi connectivity index (χ0n) is 11.6. The summed E-state index contributed by atoms with van der Waals surface area (Å²) in [7, 11) is 0. The van der Waals surface area contributed by atoms with Gasteiger partial charge in [-0.25, -0.2) is 0 Å². The molecule has 0 N–H and O–H groups in total. The summed E-state index contributed by atoms with van der Waals surface area (Å²) in [5.74, 6) is 0. The molecule has 0 amide bonds. The SMILES string of the molecule is Clc1ccc(C=CC2CC3Cc4ccccc4N3S2)cc1. The Bertz CT molecular complexity index is 680. The van der Waals surface area contributed by atoms with Gasteiger partial charge in [-0.2, -0.15) is 0 Å². The van der Waals surface area contributed by atoms with Crippen molar-refractivity contribution < 1.29 is 0 Å². The molecule has 2 heterocycles. The van der Waals surface area contributed by atoms with Gasteiger partial charge in [0.1, 0.15) is 0 Å². The van der Waals surface area contributed by atoms with Gasteiger partial charge in [0.25, 0.3) is 0 Å². The van der Waals surface area contributed by atoms with Crippen molar-refractivity contribution in [3.05, 3.63) is 70.8 Å². The Morgan fingerprint density at radius 1 is 1.10 bits per heavy atom. The monoisotopic (exact) mass is 313 g/mol. The molecule has 0 bridgehead atoms. The average molecular weight is 314 g/mol. The van der Waals surface area contributed by atoms with Crippen molar-refractivity contribution in [3.63, 3.8) is 0 Å². The van der Waals surface area contributed by atoms with Crippen molar-refractivity contribution in [2.24, 2.45) is 0 Å². The van der Waals surface area contributed by atoms with Crippen molar-refractivity contribution in [2.75, 3.05) is 4.31 Å². The molecule has 2 aliphatic rings. The number of benzene rings is 2. The summed E-state index contributed by atoms with van der Waals surface area (Å²) in [5.41, 5.74) is 4.12. The largest absolute Gasteiger partial charge is 0.312 e. The highest BCUT2D eigenvalue weighted by Gasteiger charge is 2.37. The molecule has 2 atom stereocenters. The molecule has 1 saturated heterocycles. The molecule has 2 aliphatic heterocycles. The Morgan fingerprint density at radius 2 is 1.90 bits per heavy atom. The maximum Gasteiger partial charge on any atom is 0.0506 e. The summed E-state index contributed by atoms with van der Waals surface area (Å²) >= 11 is 7.88. The molecule has 21 heavy (non-hydrogen) atoms. The number of fused-ring (bicyclic) bond motifs is 3. The number of nitrogens with zero attached hydrogens (tertiary/aromatic N) is 1. The lowest BCUT2D eigenvalue weighted by atomic mass is 10.1. The number of hydrogen-bond donors (Lipinski definition) is 0. The van der Waals surface area contributed by atoms with E-state index in [0.717, 1.165) is 5.02 Å². The average Bonchev–Trinajstić information content (AvgIpc) is 3.04. The van der Waals surface area contributed by atoms with Gasteiger partial charge in [-0.1, -0.05) is 54.1 Å². The highest BCUT2D eigenvalue weighted by atomic mass is 35.5. The zero-order chi connectivity index (χ0) is 14.2. The minimum Gasteiger partial charge on any atom is -0.312 e. The van der Waals surface area contributed by atoms with E-state index in [2.05, 4.69) is 52.9 Å². The van der Waals surface area contributed by atoms with Gasteiger partial charge < -0.3 is 4.31 Å². The predicted octanol–water partition coefficient (Wildman–Crippen LogP) is 5.21. The lowest BCUT2D eigenvalue weighted by Crippen LogP contribution is -2.18. The first-order chi connectivity index (χ1) is 10.3. The highest BCUT2D eigenvalue weighted by molar-refractivity contribution is 8.01. The van der Waals surface area contributed by atoms with E-state index >= 15 is 0 Å². The smallest absolute Gasteiger partial charge is 0.0506 e. The highest BCUT2D eigenvalue weighted by Crippen LogP contribution is 2.46. The van der Waals surface area contributed by atoms with Gasteiger partial charge in [0.05, 0.1) is 5.69 Å². The fourth-order valence-corrected chi connectivity index (χ4v) is 4.62. The fraction of sp³-hybridized carbons (Fsp3) is 0.222. The lowest BCUT2D eigenvalue weighted by Gasteiger charge is -2.16. The van der Waals surface area contributed by atoms with Gasteiger partial charge in [0.2, 0.25) is 0 Å². The minimum absolute atomic E-state index is 0.569. The van der Waals surface area contributed by atoms with Crippen LogP contribution in [0.25, 0.3) is 6.08 Å². The van der Waals surface area contributed by atoms with E-state index in [1.165, 1.54) is 29.7 Å². The third kappa shape index (κ3) is 2.58. The summed E-state index contributed by atoms with van der Waals surface area (Å²) in [4.78, 5) is 0. The van der Waals surface area contributed by atoms with Crippen molar-refractivity contribution >= 4 is 35.3 Å². The number of anilines is 1. The fourth-order valence-electron chi connectivity index (χ4n) is 3.12. The van der Waals surface area contributed by atoms with E-state index in [0.29, 0.717) is 11.3 Å². The first-order valence-electron chi connectivity index (χ1n) is 7.27. The van der Waals surface area contributed by atoms with Gasteiger partial charge in [-0.3, -0.25) is 0 Å². The molecule has 1 nitrogen and oxygen atoms in total. The first kappa shape index (κ1) is 13.3. The topological polar surface area (TPSA) is 3.24 Å². The van der Waals surface area contributed by atoms with Gasteiger partial charge in [0, 0.05) is 16.3 Å². The quantitative estimate of drug-likeness (QED) is 0.701. The summed E-state index contributed by atoms with van der Waals surface area (Å²) in [5, 5.41) is 1.36. The van der Waals surface area contributed by atoms with Gasteiger partial charge in [-0.15, -0.1) is 0 Å². The Balaban J connectivity index is 1.47. The van der Waals surface area contributed by atoms with Crippen LogP contribution in [0.1, 0.15) is 17.5 Å². The molecule has 0 saturated carbocycles. The lowest BCUT2D eigenvalue weighted by molar-refractivity contribution is 0.695. The second-order valence-electron chi connectivity index (χ2n) is 5.60. The van der Waals surface area contributed by atoms with Gasteiger partial charge >= 0.3 is 0 Å². The van der Waals surface area contributed by atoms with E-state index < -0.39 is 0 Å². The summed E-state index contributed by atoms with van der Waals surface area (Å²) in [6.45, 7) is 0. The third-order valence-corrected chi connectivity index (χ3v) is 5.74. The van der Waals surface area contributed by atoms with E-state index in [9.17, 15) is 0 Å². The molecule has 1 fully saturated rings. The second-order valence-corrected chi connectivity index (χ2v) is 7.25. The summed E-state index contributed by atoms with van der Waals surface area (Å²) < 4.78 is 2.51. The molecule has 4 rings (SSSR count). The van der Waals surface area contributed by atoms with Crippen molar-refractivity contribution in [2.45, 2.75) is 24.1 Å². The molecule has 2 unspecified atom stereocenters. The Kier molecular flexibility index (Phi) is 3.44. The Labute approximate surface area is 134 Å². The van der Waals surface area contributed by atoms with Crippen LogP contribution in [0.3, 0.4) is 0 Å². The van der Waals surface area contributed by atoms with Crippen LogP contribution in [0, 0.1) is 0 Å². The molecule has 106 valence electrons. The van der Waals surface area contributed by atoms with Crippen LogP contribution in [0.2, 0.25) is 5.02 Å². The van der Waals surface area contributed by atoms with Gasteiger partial charge in [-0.05, 0) is 54.1 Å². The molecule has 3 heteroatoms. The third-order valence-electron chi connectivity index (χ3n) is 4.14. The Hall–Kier alpha value is -1.38. The van der Waals surface area contributed by atoms with Crippen LogP contribution in [0.5, 0.6) is 0 Å². The molecular weight excluding hydrogens is 298 g/mol. The summed E-state index contributed by atoms with van der Waals surface area (Å²) in [6.07, 6.45) is 6.95. The van der Waals surface area contributed by atoms with Crippen molar-refractivity contribution in [1.29, 1.82) is 0 Å². The second kappa shape index (κ2) is 5.43. The van der Waals surface area contributed by atoms with Crippen molar-refractivity contribution in [1.82, 2.24) is 0 Å². The Morgan fingerprint density at radius 3 is 2.76 bits per heavy atom. The van der Waals surface area contributed by atoms with E-state index in [-0.39, 0.29) is 0 Å².